The summed E-state index contributed by atoms with van der Waals surface area (Å²) in [6.07, 6.45) is 2.83. The van der Waals surface area contributed by atoms with Crippen LogP contribution < -0.4 is 5.56 Å². The minimum absolute atomic E-state index is 0.0395. The minimum atomic E-state index is -0.839. The van der Waals surface area contributed by atoms with E-state index in [-0.39, 0.29) is 17.4 Å². The number of H-pyrrole nitrogens is 1. The highest BCUT2D eigenvalue weighted by molar-refractivity contribution is 9.10. The second-order valence-electron chi connectivity index (χ2n) is 7.83. The summed E-state index contributed by atoms with van der Waals surface area (Å²) >= 11 is 3.46. The van der Waals surface area contributed by atoms with E-state index >= 15 is 0 Å². The van der Waals surface area contributed by atoms with Gasteiger partial charge in [-0.1, -0.05) is 28.1 Å². The Morgan fingerprint density at radius 2 is 2.07 bits per heavy atom. The normalized spacial score (nSPS) is 22.8. The van der Waals surface area contributed by atoms with Crippen molar-refractivity contribution in [3.63, 3.8) is 0 Å². The molecule has 2 N–H and O–H groups in total. The van der Waals surface area contributed by atoms with E-state index in [1.807, 2.05) is 35.0 Å². The van der Waals surface area contributed by atoms with Gasteiger partial charge in [0.25, 0.3) is 5.56 Å². The summed E-state index contributed by atoms with van der Waals surface area (Å²) in [5.41, 5.74) is 2.78. The Balaban J connectivity index is 1.54. The molecule has 5 rings (SSSR count). The fourth-order valence-corrected chi connectivity index (χ4v) is 5.34. The predicted octanol–water partition coefficient (Wildman–Crippen LogP) is 3.34. The van der Waals surface area contributed by atoms with Gasteiger partial charge in [-0.15, -0.1) is 0 Å². The SMILES string of the molecule is O=C(O)[C@H](c1c[nH]c2cc(Br)ccc12)N1C[C@@H]2C[C@H](C1)c1cccc(=O)n1C2. The number of pyridine rings is 1. The third-order valence-electron chi connectivity index (χ3n) is 6.08. The first kappa shape index (κ1) is 17.7. The Kier molecular flexibility index (Phi) is 4.17. The molecule has 2 aliphatic heterocycles. The maximum absolute atomic E-state index is 12.3. The molecule has 7 heteroatoms. The van der Waals surface area contributed by atoms with Crippen molar-refractivity contribution >= 4 is 32.8 Å². The fraction of sp³-hybridized carbons (Fsp3) is 0.333. The molecule has 3 atom stereocenters. The van der Waals surface area contributed by atoms with Crippen LogP contribution in [0.5, 0.6) is 0 Å². The number of hydrogen-bond donors (Lipinski definition) is 2. The van der Waals surface area contributed by atoms with Gasteiger partial charge in [-0.25, -0.2) is 0 Å². The van der Waals surface area contributed by atoms with Crippen molar-refractivity contribution < 1.29 is 9.90 Å². The van der Waals surface area contributed by atoms with Gasteiger partial charge in [0, 0.05) is 64.4 Å². The molecule has 0 aliphatic carbocycles. The van der Waals surface area contributed by atoms with E-state index in [4.69, 9.17) is 0 Å². The van der Waals surface area contributed by atoms with E-state index < -0.39 is 12.0 Å². The van der Waals surface area contributed by atoms with E-state index in [1.165, 1.54) is 0 Å². The summed E-state index contributed by atoms with van der Waals surface area (Å²) < 4.78 is 2.82. The number of likely N-dealkylation sites (tertiary alicyclic amines) is 1. The Morgan fingerprint density at radius 1 is 1.21 bits per heavy atom. The first-order valence-electron chi connectivity index (χ1n) is 9.44. The molecule has 0 amide bonds. The van der Waals surface area contributed by atoms with E-state index in [0.717, 1.165) is 33.1 Å². The summed E-state index contributed by atoms with van der Waals surface area (Å²) in [5, 5.41) is 11.0. The van der Waals surface area contributed by atoms with E-state index in [1.54, 1.807) is 12.1 Å². The zero-order valence-electron chi connectivity index (χ0n) is 15.1. The maximum atomic E-state index is 12.3. The second kappa shape index (κ2) is 6.60. The lowest BCUT2D eigenvalue weighted by atomic mass is 9.82. The number of hydrogen-bond acceptors (Lipinski definition) is 3. The number of benzene rings is 1. The largest absolute Gasteiger partial charge is 0.480 e. The van der Waals surface area contributed by atoms with Gasteiger partial charge >= 0.3 is 5.97 Å². The van der Waals surface area contributed by atoms with E-state index in [2.05, 4.69) is 25.8 Å². The van der Waals surface area contributed by atoms with E-state index in [0.29, 0.717) is 19.6 Å². The number of carbonyl (C=O) groups is 1. The molecule has 2 aliphatic rings. The molecule has 144 valence electrons. The van der Waals surface area contributed by atoms with Crippen LogP contribution in [0.15, 0.2) is 51.9 Å². The van der Waals surface area contributed by atoms with Crippen LogP contribution in [0.3, 0.4) is 0 Å². The maximum Gasteiger partial charge on any atom is 0.325 e. The average molecular weight is 442 g/mol. The van der Waals surface area contributed by atoms with Crippen molar-refractivity contribution in [1.82, 2.24) is 14.5 Å². The highest BCUT2D eigenvalue weighted by Gasteiger charge is 2.40. The summed E-state index contributed by atoms with van der Waals surface area (Å²) in [5.74, 6) is -0.371. The number of aromatic amines is 1. The van der Waals surface area contributed by atoms with Crippen molar-refractivity contribution in [2.75, 3.05) is 13.1 Å². The first-order valence-corrected chi connectivity index (χ1v) is 10.2. The first-order chi connectivity index (χ1) is 13.5. The zero-order chi connectivity index (χ0) is 19.4. The van der Waals surface area contributed by atoms with Gasteiger partial charge in [0.05, 0.1) is 0 Å². The lowest BCUT2D eigenvalue weighted by molar-refractivity contribution is -0.144. The molecule has 0 spiro atoms. The number of fused-ring (bicyclic) bond motifs is 5. The van der Waals surface area contributed by atoms with Gasteiger partial charge in [0.2, 0.25) is 0 Å². The molecule has 2 aromatic heterocycles. The fourth-order valence-electron chi connectivity index (χ4n) is 4.98. The number of aliphatic carboxylic acids is 1. The van der Waals surface area contributed by atoms with E-state index in [9.17, 15) is 14.7 Å². The van der Waals surface area contributed by atoms with Crippen LogP contribution in [0.2, 0.25) is 0 Å². The zero-order valence-corrected chi connectivity index (χ0v) is 16.7. The number of piperidine rings is 1. The summed E-state index contributed by atoms with van der Waals surface area (Å²) in [6, 6.07) is 10.6. The molecule has 1 saturated heterocycles. The third kappa shape index (κ3) is 2.81. The van der Waals surface area contributed by atoms with Crippen molar-refractivity contribution in [3.05, 3.63) is 68.7 Å². The molecular weight excluding hydrogens is 422 g/mol. The van der Waals surface area contributed by atoms with Gasteiger partial charge in [-0.3, -0.25) is 14.5 Å². The van der Waals surface area contributed by atoms with Gasteiger partial charge < -0.3 is 14.7 Å². The van der Waals surface area contributed by atoms with Gasteiger partial charge in [-0.2, -0.15) is 0 Å². The molecule has 0 radical (unpaired) electrons. The molecular formula is C21H20BrN3O3. The van der Waals surface area contributed by atoms with Crippen LogP contribution in [0.25, 0.3) is 10.9 Å². The van der Waals surface area contributed by atoms with Crippen molar-refractivity contribution in [2.45, 2.75) is 24.9 Å². The summed E-state index contributed by atoms with van der Waals surface area (Å²) in [4.78, 5) is 29.8. The van der Waals surface area contributed by atoms with Crippen molar-refractivity contribution in [1.29, 1.82) is 0 Å². The number of carboxylic acid groups (broad SMARTS) is 1. The molecule has 1 fully saturated rings. The number of rotatable bonds is 3. The number of nitrogens with zero attached hydrogens (tertiary/aromatic N) is 2. The molecule has 0 saturated carbocycles. The Morgan fingerprint density at radius 3 is 2.89 bits per heavy atom. The highest BCUT2D eigenvalue weighted by Crippen LogP contribution is 2.39. The highest BCUT2D eigenvalue weighted by atomic mass is 79.9. The summed E-state index contributed by atoms with van der Waals surface area (Å²) in [7, 11) is 0. The lowest BCUT2D eigenvalue weighted by Crippen LogP contribution is -2.49. The molecule has 1 aromatic carbocycles. The third-order valence-corrected chi connectivity index (χ3v) is 6.57. The second-order valence-corrected chi connectivity index (χ2v) is 8.74. The molecule has 4 heterocycles. The van der Waals surface area contributed by atoms with Crippen LogP contribution >= 0.6 is 15.9 Å². The van der Waals surface area contributed by atoms with Crippen LogP contribution in [0.1, 0.15) is 29.6 Å². The van der Waals surface area contributed by atoms with Crippen LogP contribution in [-0.2, 0) is 11.3 Å². The van der Waals surface area contributed by atoms with Gasteiger partial charge in [0.15, 0.2) is 0 Å². The Bertz CT molecular complexity index is 1140. The molecule has 2 bridgehead atoms. The van der Waals surface area contributed by atoms with Gasteiger partial charge in [0.1, 0.15) is 6.04 Å². The van der Waals surface area contributed by atoms with Crippen LogP contribution in [-0.4, -0.2) is 38.6 Å². The van der Waals surface area contributed by atoms with Crippen molar-refractivity contribution in [2.24, 2.45) is 5.92 Å². The Labute approximate surface area is 169 Å². The monoisotopic (exact) mass is 441 g/mol. The molecule has 6 nitrogen and oxygen atoms in total. The summed E-state index contributed by atoms with van der Waals surface area (Å²) in [6.45, 7) is 1.98. The number of aromatic nitrogens is 2. The molecule has 3 aromatic rings. The van der Waals surface area contributed by atoms with Crippen molar-refractivity contribution in [3.8, 4) is 0 Å². The smallest absolute Gasteiger partial charge is 0.325 e. The van der Waals surface area contributed by atoms with Crippen LogP contribution in [0, 0.1) is 5.92 Å². The number of carboxylic acids is 1. The minimum Gasteiger partial charge on any atom is -0.480 e. The van der Waals surface area contributed by atoms with Crippen LogP contribution in [0.4, 0.5) is 0 Å². The standard InChI is InChI=1S/C21H20BrN3O3/c22-14-4-5-15-16(8-23-17(15)7-14)20(21(27)28)24-9-12-6-13(11-24)18-2-1-3-19(26)25(18)10-12/h1-5,7-8,12-13,20,23H,6,9-11H2,(H,27,28)/t12-,13+,20-/m0/s1. The number of halogens is 1. The number of nitrogens with one attached hydrogen (secondary N) is 1. The molecule has 0 unspecified atom stereocenters. The topological polar surface area (TPSA) is 78.3 Å². The molecule has 28 heavy (non-hydrogen) atoms. The average Bonchev–Trinajstić information content (AvgIpc) is 3.05. The lowest BCUT2D eigenvalue weighted by Gasteiger charge is -2.44. The van der Waals surface area contributed by atoms with Gasteiger partial charge in [-0.05, 0) is 30.5 Å². The Hall–Kier alpha value is -2.38. The quantitative estimate of drug-likeness (QED) is 0.653. The predicted molar refractivity (Wildman–Crippen MR) is 109 cm³/mol.